The first-order valence-corrected chi connectivity index (χ1v) is 8.65. The summed E-state index contributed by atoms with van der Waals surface area (Å²) in [5.41, 5.74) is 1.27. The minimum atomic E-state index is -0.0351. The van der Waals surface area contributed by atoms with Crippen LogP contribution in [0, 0.1) is 0 Å². The zero-order chi connectivity index (χ0) is 16.7. The number of thiazole rings is 1. The summed E-state index contributed by atoms with van der Waals surface area (Å²) in [6, 6.07) is 5.58. The second-order valence-electron chi connectivity index (χ2n) is 5.72. The fourth-order valence-corrected chi connectivity index (χ4v) is 3.92. The zero-order valence-corrected chi connectivity index (χ0v) is 14.4. The summed E-state index contributed by atoms with van der Waals surface area (Å²) in [7, 11) is 3.22. The summed E-state index contributed by atoms with van der Waals surface area (Å²) >= 11 is 1.43. The molecule has 0 saturated heterocycles. The van der Waals surface area contributed by atoms with Gasteiger partial charge in [0, 0.05) is 24.6 Å². The van der Waals surface area contributed by atoms with Gasteiger partial charge in [-0.05, 0) is 25.0 Å². The normalized spacial score (nSPS) is 13.8. The van der Waals surface area contributed by atoms with Crippen molar-refractivity contribution in [3.63, 3.8) is 0 Å². The molecule has 4 rings (SSSR count). The molecule has 0 atom stereocenters. The first kappa shape index (κ1) is 15.1. The highest BCUT2D eigenvalue weighted by Gasteiger charge is 2.19. The Hall–Kier alpha value is -2.41. The van der Waals surface area contributed by atoms with Gasteiger partial charge in [0.15, 0.2) is 10.3 Å². The van der Waals surface area contributed by atoms with Gasteiger partial charge in [0.05, 0.1) is 14.2 Å². The molecule has 6 nitrogen and oxygen atoms in total. The highest BCUT2D eigenvalue weighted by Crippen LogP contribution is 2.33. The Morgan fingerprint density at radius 1 is 1.08 bits per heavy atom. The SMILES string of the molecule is COc1cc(OC)cc(-c2nc3c(=O)n4c(nc3s2)CCCC4)c1. The summed E-state index contributed by atoms with van der Waals surface area (Å²) in [4.78, 5) is 22.6. The standard InChI is InChI=1S/C17H17N3O3S/c1-22-11-7-10(8-12(9-11)23-2)15-19-14-16(24-15)18-13-5-3-4-6-20(13)17(14)21/h7-9H,3-6H2,1-2H3. The Bertz CT molecular complexity index is 955. The summed E-state index contributed by atoms with van der Waals surface area (Å²) in [5, 5.41) is 0.745. The number of rotatable bonds is 3. The number of benzene rings is 1. The fraction of sp³-hybridized carbons (Fsp3) is 0.353. The molecule has 7 heteroatoms. The smallest absolute Gasteiger partial charge is 0.280 e. The van der Waals surface area contributed by atoms with Gasteiger partial charge < -0.3 is 9.47 Å². The van der Waals surface area contributed by atoms with E-state index >= 15 is 0 Å². The van der Waals surface area contributed by atoms with Crippen LogP contribution in [0.4, 0.5) is 0 Å². The molecule has 0 spiro atoms. The molecule has 0 amide bonds. The first-order valence-electron chi connectivity index (χ1n) is 7.83. The highest BCUT2D eigenvalue weighted by atomic mass is 32.1. The number of aryl methyl sites for hydroxylation is 1. The minimum Gasteiger partial charge on any atom is -0.497 e. The topological polar surface area (TPSA) is 66.2 Å². The van der Waals surface area contributed by atoms with E-state index in [1.54, 1.807) is 18.8 Å². The van der Waals surface area contributed by atoms with Crippen molar-refractivity contribution < 1.29 is 9.47 Å². The van der Waals surface area contributed by atoms with E-state index in [9.17, 15) is 4.79 Å². The predicted octanol–water partition coefficient (Wildman–Crippen LogP) is 2.87. The van der Waals surface area contributed by atoms with Crippen molar-refractivity contribution in [2.24, 2.45) is 0 Å². The van der Waals surface area contributed by atoms with Crippen molar-refractivity contribution in [1.82, 2.24) is 14.5 Å². The molecule has 1 aliphatic heterocycles. The lowest BCUT2D eigenvalue weighted by Crippen LogP contribution is -2.28. The van der Waals surface area contributed by atoms with Crippen LogP contribution in [0.2, 0.25) is 0 Å². The van der Waals surface area contributed by atoms with Crippen LogP contribution in [-0.4, -0.2) is 28.8 Å². The highest BCUT2D eigenvalue weighted by molar-refractivity contribution is 7.21. The van der Waals surface area contributed by atoms with Crippen LogP contribution >= 0.6 is 11.3 Å². The van der Waals surface area contributed by atoms with E-state index in [2.05, 4.69) is 9.97 Å². The minimum absolute atomic E-state index is 0.0351. The molecule has 3 heterocycles. The van der Waals surface area contributed by atoms with Crippen LogP contribution in [0.5, 0.6) is 11.5 Å². The van der Waals surface area contributed by atoms with Gasteiger partial charge >= 0.3 is 0 Å². The van der Waals surface area contributed by atoms with E-state index in [-0.39, 0.29) is 5.56 Å². The van der Waals surface area contributed by atoms with Crippen LogP contribution in [0.3, 0.4) is 0 Å². The lowest BCUT2D eigenvalue weighted by Gasteiger charge is -2.16. The molecular formula is C17H17N3O3S. The van der Waals surface area contributed by atoms with E-state index in [1.165, 1.54) is 11.3 Å². The largest absolute Gasteiger partial charge is 0.497 e. The lowest BCUT2D eigenvalue weighted by atomic mass is 10.1. The molecule has 0 saturated carbocycles. The monoisotopic (exact) mass is 343 g/mol. The quantitative estimate of drug-likeness (QED) is 0.731. The number of hydrogen-bond donors (Lipinski definition) is 0. The van der Waals surface area contributed by atoms with Gasteiger partial charge in [-0.2, -0.15) is 0 Å². The van der Waals surface area contributed by atoms with Crippen molar-refractivity contribution in [2.75, 3.05) is 14.2 Å². The molecule has 24 heavy (non-hydrogen) atoms. The lowest BCUT2D eigenvalue weighted by molar-refractivity contribution is 0.394. The molecule has 0 bridgehead atoms. The second-order valence-corrected chi connectivity index (χ2v) is 6.69. The van der Waals surface area contributed by atoms with E-state index in [0.29, 0.717) is 21.8 Å². The van der Waals surface area contributed by atoms with E-state index in [0.717, 1.165) is 42.2 Å². The van der Waals surface area contributed by atoms with Gasteiger partial charge in [0.1, 0.15) is 22.3 Å². The molecule has 3 aromatic rings. The predicted molar refractivity (Wildman–Crippen MR) is 93.2 cm³/mol. The Morgan fingerprint density at radius 2 is 1.83 bits per heavy atom. The van der Waals surface area contributed by atoms with Crippen molar-refractivity contribution in [3.8, 4) is 22.1 Å². The van der Waals surface area contributed by atoms with Crippen molar-refractivity contribution >= 4 is 21.7 Å². The number of aromatic nitrogens is 3. The van der Waals surface area contributed by atoms with Crippen LogP contribution < -0.4 is 15.0 Å². The average Bonchev–Trinajstić information content (AvgIpc) is 3.06. The van der Waals surface area contributed by atoms with Crippen LogP contribution in [0.25, 0.3) is 20.9 Å². The average molecular weight is 343 g/mol. The summed E-state index contributed by atoms with van der Waals surface area (Å²) in [5.74, 6) is 2.25. The molecule has 0 aliphatic carbocycles. The van der Waals surface area contributed by atoms with Gasteiger partial charge in [-0.3, -0.25) is 9.36 Å². The number of methoxy groups -OCH3 is 2. The Kier molecular flexibility index (Phi) is 3.72. The number of nitrogens with zero attached hydrogens (tertiary/aromatic N) is 3. The van der Waals surface area contributed by atoms with Gasteiger partial charge in [0.2, 0.25) is 0 Å². The maximum Gasteiger partial charge on any atom is 0.280 e. The fourth-order valence-electron chi connectivity index (χ4n) is 2.98. The van der Waals surface area contributed by atoms with E-state index in [1.807, 2.05) is 18.2 Å². The molecule has 0 radical (unpaired) electrons. The second kappa shape index (κ2) is 5.90. The maximum absolute atomic E-state index is 12.7. The zero-order valence-electron chi connectivity index (χ0n) is 13.5. The molecule has 124 valence electrons. The maximum atomic E-state index is 12.7. The molecule has 0 fully saturated rings. The Labute approximate surface area is 142 Å². The molecular weight excluding hydrogens is 326 g/mol. The third kappa shape index (κ3) is 2.45. The van der Waals surface area contributed by atoms with Crippen LogP contribution in [0.1, 0.15) is 18.7 Å². The number of hydrogen-bond acceptors (Lipinski definition) is 6. The van der Waals surface area contributed by atoms with Crippen LogP contribution in [-0.2, 0) is 13.0 Å². The summed E-state index contributed by atoms with van der Waals surface area (Å²) in [6.45, 7) is 0.733. The van der Waals surface area contributed by atoms with Gasteiger partial charge in [-0.15, -0.1) is 0 Å². The van der Waals surface area contributed by atoms with Gasteiger partial charge in [-0.25, -0.2) is 9.97 Å². The third-order valence-electron chi connectivity index (χ3n) is 4.23. The van der Waals surface area contributed by atoms with Gasteiger partial charge in [0.25, 0.3) is 5.56 Å². The molecule has 1 aromatic carbocycles. The number of ether oxygens (including phenoxy) is 2. The Morgan fingerprint density at radius 3 is 2.54 bits per heavy atom. The van der Waals surface area contributed by atoms with Crippen LogP contribution in [0.15, 0.2) is 23.0 Å². The molecule has 0 N–H and O–H groups in total. The molecule has 2 aromatic heterocycles. The van der Waals surface area contributed by atoms with E-state index in [4.69, 9.17) is 9.47 Å². The molecule has 0 unspecified atom stereocenters. The van der Waals surface area contributed by atoms with Crippen molar-refractivity contribution in [3.05, 3.63) is 34.4 Å². The Balaban J connectivity index is 1.89. The number of fused-ring (bicyclic) bond motifs is 2. The molecule has 1 aliphatic rings. The third-order valence-corrected chi connectivity index (χ3v) is 5.23. The summed E-state index contributed by atoms with van der Waals surface area (Å²) < 4.78 is 12.4. The first-order chi connectivity index (χ1) is 11.7. The van der Waals surface area contributed by atoms with Crippen molar-refractivity contribution in [1.29, 1.82) is 0 Å². The van der Waals surface area contributed by atoms with E-state index < -0.39 is 0 Å². The van der Waals surface area contributed by atoms with Gasteiger partial charge in [-0.1, -0.05) is 11.3 Å². The van der Waals surface area contributed by atoms with Crippen molar-refractivity contribution in [2.45, 2.75) is 25.8 Å². The summed E-state index contributed by atoms with van der Waals surface area (Å²) in [6.07, 6.45) is 2.95.